The van der Waals surface area contributed by atoms with Crippen LogP contribution in [0.15, 0.2) is 24.3 Å². The standard InChI is InChI=1S/C14H24N2O/c1-4-16(11-12(2)3)9-10-17-14-7-5-13(15)6-8-14/h5-8,12H,4,9-11,15H2,1-3H3. The van der Waals surface area contributed by atoms with E-state index in [9.17, 15) is 0 Å². The normalized spacial score (nSPS) is 11.1. The third-order valence-electron chi connectivity index (χ3n) is 2.63. The molecule has 0 aliphatic heterocycles. The van der Waals surface area contributed by atoms with Crippen LogP contribution in [0.4, 0.5) is 5.69 Å². The molecule has 0 atom stereocenters. The van der Waals surface area contributed by atoms with Crippen molar-refractivity contribution in [1.29, 1.82) is 0 Å². The molecule has 1 aromatic rings. The second kappa shape index (κ2) is 7.17. The van der Waals surface area contributed by atoms with Gasteiger partial charge >= 0.3 is 0 Å². The number of likely N-dealkylation sites (N-methyl/N-ethyl adjacent to an activating group) is 1. The lowest BCUT2D eigenvalue weighted by molar-refractivity contribution is 0.200. The van der Waals surface area contributed by atoms with Gasteiger partial charge in [0.25, 0.3) is 0 Å². The molecule has 0 radical (unpaired) electrons. The Bertz CT molecular complexity index is 309. The Morgan fingerprint density at radius 1 is 1.24 bits per heavy atom. The smallest absolute Gasteiger partial charge is 0.119 e. The van der Waals surface area contributed by atoms with Crippen LogP contribution < -0.4 is 10.5 Å². The summed E-state index contributed by atoms with van der Waals surface area (Å²) in [6, 6.07) is 7.55. The minimum Gasteiger partial charge on any atom is -0.492 e. The highest BCUT2D eigenvalue weighted by atomic mass is 16.5. The molecule has 0 saturated carbocycles. The number of anilines is 1. The molecule has 96 valence electrons. The molecule has 3 nitrogen and oxygen atoms in total. The maximum absolute atomic E-state index is 5.68. The summed E-state index contributed by atoms with van der Waals surface area (Å²) >= 11 is 0. The molecule has 0 spiro atoms. The molecule has 0 aromatic heterocycles. The fourth-order valence-electron chi connectivity index (χ4n) is 1.75. The minimum absolute atomic E-state index is 0.700. The van der Waals surface area contributed by atoms with Crippen molar-refractivity contribution in [2.24, 2.45) is 5.92 Å². The number of benzene rings is 1. The van der Waals surface area contributed by atoms with Crippen molar-refractivity contribution in [2.45, 2.75) is 20.8 Å². The van der Waals surface area contributed by atoms with E-state index >= 15 is 0 Å². The predicted molar refractivity (Wildman–Crippen MR) is 73.3 cm³/mol. The number of rotatable bonds is 7. The van der Waals surface area contributed by atoms with Gasteiger partial charge in [-0.25, -0.2) is 0 Å². The second-order valence-corrected chi connectivity index (χ2v) is 4.70. The summed E-state index contributed by atoms with van der Waals surface area (Å²) in [5.74, 6) is 1.59. The molecule has 3 heteroatoms. The fourth-order valence-corrected chi connectivity index (χ4v) is 1.75. The molecule has 0 unspecified atom stereocenters. The van der Waals surface area contributed by atoms with Crippen molar-refractivity contribution < 1.29 is 4.74 Å². The van der Waals surface area contributed by atoms with Crippen LogP contribution >= 0.6 is 0 Å². The first kappa shape index (κ1) is 13.8. The fraction of sp³-hybridized carbons (Fsp3) is 0.571. The molecular formula is C14H24N2O. The molecule has 0 aliphatic carbocycles. The molecule has 0 aliphatic rings. The molecule has 0 bridgehead atoms. The maximum Gasteiger partial charge on any atom is 0.119 e. The predicted octanol–water partition coefficient (Wildman–Crippen LogP) is 2.63. The third-order valence-corrected chi connectivity index (χ3v) is 2.63. The van der Waals surface area contributed by atoms with Gasteiger partial charge in [-0.3, -0.25) is 4.90 Å². The number of nitrogens with zero attached hydrogens (tertiary/aromatic N) is 1. The van der Waals surface area contributed by atoms with E-state index in [-0.39, 0.29) is 0 Å². The van der Waals surface area contributed by atoms with Crippen molar-refractivity contribution in [3.8, 4) is 5.75 Å². The molecule has 0 fully saturated rings. The van der Waals surface area contributed by atoms with Gasteiger partial charge in [0, 0.05) is 18.8 Å². The number of nitrogen functional groups attached to an aromatic ring is 1. The van der Waals surface area contributed by atoms with Crippen molar-refractivity contribution in [3.05, 3.63) is 24.3 Å². The lowest BCUT2D eigenvalue weighted by Crippen LogP contribution is -2.31. The summed E-state index contributed by atoms with van der Waals surface area (Å²) in [7, 11) is 0. The van der Waals surface area contributed by atoms with E-state index in [1.54, 1.807) is 0 Å². The largest absolute Gasteiger partial charge is 0.492 e. The molecule has 1 rings (SSSR count). The minimum atomic E-state index is 0.700. The zero-order chi connectivity index (χ0) is 12.7. The first-order valence-electron chi connectivity index (χ1n) is 6.32. The Kier molecular flexibility index (Phi) is 5.84. The summed E-state index contributed by atoms with van der Waals surface area (Å²) in [6.45, 7) is 10.6. The lowest BCUT2D eigenvalue weighted by Gasteiger charge is -2.22. The SMILES string of the molecule is CCN(CCOc1ccc(N)cc1)CC(C)C. The van der Waals surface area contributed by atoms with E-state index in [2.05, 4.69) is 25.7 Å². The van der Waals surface area contributed by atoms with E-state index in [1.165, 1.54) is 0 Å². The van der Waals surface area contributed by atoms with Crippen molar-refractivity contribution in [3.63, 3.8) is 0 Å². The first-order valence-corrected chi connectivity index (χ1v) is 6.32. The van der Waals surface area contributed by atoms with Gasteiger partial charge < -0.3 is 10.5 Å². The Morgan fingerprint density at radius 3 is 2.41 bits per heavy atom. The average molecular weight is 236 g/mol. The van der Waals surface area contributed by atoms with E-state index in [0.717, 1.165) is 37.7 Å². The van der Waals surface area contributed by atoms with Crippen LogP contribution in [0.25, 0.3) is 0 Å². The Labute approximate surface area is 105 Å². The van der Waals surface area contributed by atoms with Crippen LogP contribution in [0.2, 0.25) is 0 Å². The van der Waals surface area contributed by atoms with Gasteiger partial charge in [-0.2, -0.15) is 0 Å². The second-order valence-electron chi connectivity index (χ2n) is 4.70. The topological polar surface area (TPSA) is 38.5 Å². The van der Waals surface area contributed by atoms with Crippen LogP contribution in [-0.2, 0) is 0 Å². The summed E-state index contributed by atoms with van der Waals surface area (Å²) in [5.41, 5.74) is 6.39. The maximum atomic E-state index is 5.68. The Balaban J connectivity index is 2.28. The van der Waals surface area contributed by atoms with E-state index < -0.39 is 0 Å². The summed E-state index contributed by atoms with van der Waals surface area (Å²) < 4.78 is 5.68. The van der Waals surface area contributed by atoms with Crippen molar-refractivity contribution >= 4 is 5.69 Å². The third kappa shape index (κ3) is 5.59. The van der Waals surface area contributed by atoms with E-state index in [1.807, 2.05) is 24.3 Å². The average Bonchev–Trinajstić information content (AvgIpc) is 2.30. The van der Waals surface area contributed by atoms with Crippen LogP contribution in [-0.4, -0.2) is 31.1 Å². The molecule has 0 saturated heterocycles. The molecule has 0 amide bonds. The Hall–Kier alpha value is -1.22. The highest BCUT2D eigenvalue weighted by Gasteiger charge is 2.04. The van der Waals surface area contributed by atoms with Crippen LogP contribution in [0.3, 0.4) is 0 Å². The van der Waals surface area contributed by atoms with Crippen molar-refractivity contribution in [1.82, 2.24) is 4.90 Å². The summed E-state index contributed by atoms with van der Waals surface area (Å²) in [6.07, 6.45) is 0. The quantitative estimate of drug-likeness (QED) is 0.740. The lowest BCUT2D eigenvalue weighted by atomic mass is 10.2. The van der Waals surface area contributed by atoms with Gasteiger partial charge in [0.1, 0.15) is 12.4 Å². The molecular weight excluding hydrogens is 212 g/mol. The number of hydrogen-bond donors (Lipinski definition) is 1. The van der Waals surface area contributed by atoms with Gasteiger partial charge in [0.2, 0.25) is 0 Å². The van der Waals surface area contributed by atoms with Crippen LogP contribution in [0, 0.1) is 5.92 Å². The van der Waals surface area contributed by atoms with Crippen molar-refractivity contribution in [2.75, 3.05) is 32.0 Å². The van der Waals surface area contributed by atoms with E-state index in [4.69, 9.17) is 10.5 Å². The monoisotopic (exact) mass is 236 g/mol. The van der Waals surface area contributed by atoms with Gasteiger partial charge in [-0.15, -0.1) is 0 Å². The number of ether oxygens (including phenoxy) is 1. The number of nitrogens with two attached hydrogens (primary N) is 1. The molecule has 1 aromatic carbocycles. The van der Waals surface area contributed by atoms with Gasteiger partial charge in [0.15, 0.2) is 0 Å². The molecule has 2 N–H and O–H groups in total. The highest BCUT2D eigenvalue weighted by Crippen LogP contribution is 2.12. The summed E-state index contributed by atoms with van der Waals surface area (Å²) in [4.78, 5) is 2.40. The zero-order valence-corrected chi connectivity index (χ0v) is 11.1. The zero-order valence-electron chi connectivity index (χ0n) is 11.1. The highest BCUT2D eigenvalue weighted by molar-refractivity contribution is 5.41. The van der Waals surface area contributed by atoms with Crippen LogP contribution in [0.1, 0.15) is 20.8 Å². The number of hydrogen-bond acceptors (Lipinski definition) is 3. The van der Waals surface area contributed by atoms with Gasteiger partial charge in [0.05, 0.1) is 0 Å². The van der Waals surface area contributed by atoms with E-state index in [0.29, 0.717) is 5.92 Å². The Morgan fingerprint density at radius 2 is 1.88 bits per heavy atom. The van der Waals surface area contributed by atoms with Crippen LogP contribution in [0.5, 0.6) is 5.75 Å². The first-order chi connectivity index (χ1) is 8.11. The summed E-state index contributed by atoms with van der Waals surface area (Å²) in [5, 5.41) is 0. The van der Waals surface area contributed by atoms with Gasteiger partial charge in [-0.05, 0) is 36.7 Å². The molecule has 17 heavy (non-hydrogen) atoms. The van der Waals surface area contributed by atoms with Gasteiger partial charge in [-0.1, -0.05) is 20.8 Å². The molecule has 0 heterocycles.